The van der Waals surface area contributed by atoms with Crippen molar-refractivity contribution in [1.82, 2.24) is 4.98 Å². The summed E-state index contributed by atoms with van der Waals surface area (Å²) in [5, 5.41) is 2.09. The average molecular weight is 579 g/mol. The SMILES string of the molecule is CC1=C(c2ccc(-c3nccc4oc5ccc(-c6ccccc6)cc5c34)cc2)N=C(c2ccccc2)CC=C1c1ccccc1. The average Bonchev–Trinajstić information content (AvgIpc) is 3.40. The number of hydrogen-bond donors (Lipinski definition) is 0. The number of fused-ring (bicyclic) bond motifs is 3. The summed E-state index contributed by atoms with van der Waals surface area (Å²) >= 11 is 0. The highest BCUT2D eigenvalue weighted by Crippen LogP contribution is 2.39. The van der Waals surface area contributed by atoms with Crippen molar-refractivity contribution in [2.24, 2.45) is 4.99 Å². The van der Waals surface area contributed by atoms with Gasteiger partial charge in [-0.05, 0) is 58.5 Å². The second kappa shape index (κ2) is 11.4. The molecule has 0 spiro atoms. The molecule has 1 aliphatic rings. The van der Waals surface area contributed by atoms with Gasteiger partial charge in [-0.15, -0.1) is 0 Å². The van der Waals surface area contributed by atoms with Gasteiger partial charge in [0.15, 0.2) is 0 Å². The predicted molar refractivity (Wildman–Crippen MR) is 187 cm³/mol. The van der Waals surface area contributed by atoms with E-state index in [2.05, 4.69) is 134 Å². The number of pyridine rings is 1. The molecule has 3 nitrogen and oxygen atoms in total. The van der Waals surface area contributed by atoms with Crippen molar-refractivity contribution in [3.63, 3.8) is 0 Å². The fourth-order valence-corrected chi connectivity index (χ4v) is 6.33. The van der Waals surface area contributed by atoms with Crippen molar-refractivity contribution in [1.29, 1.82) is 0 Å². The maximum Gasteiger partial charge on any atom is 0.139 e. The van der Waals surface area contributed by atoms with Crippen molar-refractivity contribution in [2.45, 2.75) is 13.3 Å². The second-order valence-corrected chi connectivity index (χ2v) is 11.4. The lowest BCUT2D eigenvalue weighted by Crippen LogP contribution is -1.99. The Labute approximate surface area is 262 Å². The lowest BCUT2D eigenvalue weighted by Gasteiger charge is -2.13. The highest BCUT2D eigenvalue weighted by atomic mass is 16.3. The number of benzene rings is 5. The van der Waals surface area contributed by atoms with Crippen LogP contribution in [0.15, 0.2) is 167 Å². The molecule has 0 amide bonds. The van der Waals surface area contributed by atoms with Crippen LogP contribution in [0.2, 0.25) is 0 Å². The van der Waals surface area contributed by atoms with Crippen LogP contribution in [0.4, 0.5) is 0 Å². The lowest BCUT2D eigenvalue weighted by molar-refractivity contribution is 0.668. The highest BCUT2D eigenvalue weighted by Gasteiger charge is 2.19. The van der Waals surface area contributed by atoms with E-state index in [0.29, 0.717) is 0 Å². The third kappa shape index (κ3) is 4.99. The molecule has 0 aliphatic carbocycles. The van der Waals surface area contributed by atoms with E-state index >= 15 is 0 Å². The molecule has 0 N–H and O–H groups in total. The number of aliphatic imine (C=N–C) groups is 1. The fraction of sp³-hybridized carbons (Fsp3) is 0.0476. The first kappa shape index (κ1) is 26.8. The normalized spacial score (nSPS) is 13.5. The maximum atomic E-state index is 6.29. The summed E-state index contributed by atoms with van der Waals surface area (Å²) in [4.78, 5) is 10.2. The molecule has 0 atom stereocenters. The summed E-state index contributed by atoms with van der Waals surface area (Å²) in [7, 11) is 0. The first-order valence-electron chi connectivity index (χ1n) is 15.3. The molecule has 0 saturated heterocycles. The van der Waals surface area contributed by atoms with Gasteiger partial charge in [0.1, 0.15) is 11.2 Å². The summed E-state index contributed by atoms with van der Waals surface area (Å²) in [5.74, 6) is 0. The van der Waals surface area contributed by atoms with E-state index in [9.17, 15) is 0 Å². The molecule has 0 fully saturated rings. The van der Waals surface area contributed by atoms with Crippen LogP contribution in [0.1, 0.15) is 30.0 Å². The smallest absolute Gasteiger partial charge is 0.139 e. The molecule has 7 aromatic rings. The van der Waals surface area contributed by atoms with Crippen LogP contribution >= 0.6 is 0 Å². The van der Waals surface area contributed by atoms with Crippen LogP contribution in [0.25, 0.3) is 55.6 Å². The van der Waals surface area contributed by atoms with Crippen LogP contribution in [-0.2, 0) is 0 Å². The van der Waals surface area contributed by atoms with E-state index in [4.69, 9.17) is 14.4 Å². The van der Waals surface area contributed by atoms with Gasteiger partial charge in [0.2, 0.25) is 0 Å². The molecule has 5 aromatic carbocycles. The summed E-state index contributed by atoms with van der Waals surface area (Å²) in [6.45, 7) is 2.18. The van der Waals surface area contributed by atoms with Gasteiger partial charge in [0.05, 0.1) is 22.5 Å². The van der Waals surface area contributed by atoms with Crippen molar-refractivity contribution in [3.05, 3.63) is 174 Å². The zero-order valence-electron chi connectivity index (χ0n) is 24.9. The Hall–Kier alpha value is -5.80. The van der Waals surface area contributed by atoms with Gasteiger partial charge < -0.3 is 4.42 Å². The molecule has 3 heteroatoms. The van der Waals surface area contributed by atoms with Gasteiger partial charge in [-0.3, -0.25) is 9.98 Å². The molecular formula is C42H30N2O. The zero-order chi connectivity index (χ0) is 30.2. The number of furan rings is 1. The molecule has 0 unspecified atom stereocenters. The van der Waals surface area contributed by atoms with Crippen molar-refractivity contribution in [3.8, 4) is 22.4 Å². The molecule has 3 heterocycles. The minimum atomic E-state index is 0.762. The van der Waals surface area contributed by atoms with Crippen LogP contribution in [0.5, 0.6) is 0 Å². The number of allylic oxidation sites excluding steroid dienone is 3. The summed E-state index contributed by atoms with van der Waals surface area (Å²) < 4.78 is 6.29. The molecule has 45 heavy (non-hydrogen) atoms. The Morgan fingerprint density at radius 1 is 0.556 bits per heavy atom. The molecule has 2 aromatic heterocycles. The fourth-order valence-electron chi connectivity index (χ4n) is 6.33. The van der Waals surface area contributed by atoms with E-state index in [1.807, 2.05) is 24.4 Å². The van der Waals surface area contributed by atoms with Gasteiger partial charge in [-0.2, -0.15) is 0 Å². The van der Waals surface area contributed by atoms with Gasteiger partial charge in [0.25, 0.3) is 0 Å². The third-order valence-corrected chi connectivity index (χ3v) is 8.62. The van der Waals surface area contributed by atoms with Crippen LogP contribution in [0, 0.1) is 0 Å². The highest BCUT2D eigenvalue weighted by molar-refractivity contribution is 6.12. The first-order valence-corrected chi connectivity index (χ1v) is 15.3. The van der Waals surface area contributed by atoms with Gasteiger partial charge in [-0.25, -0.2) is 0 Å². The van der Waals surface area contributed by atoms with Crippen LogP contribution < -0.4 is 0 Å². The number of nitrogens with zero attached hydrogens (tertiary/aromatic N) is 2. The third-order valence-electron chi connectivity index (χ3n) is 8.62. The van der Waals surface area contributed by atoms with Gasteiger partial charge in [-0.1, -0.05) is 127 Å². The molecular weight excluding hydrogens is 548 g/mol. The Balaban J connectivity index is 1.24. The van der Waals surface area contributed by atoms with Crippen molar-refractivity contribution < 1.29 is 4.42 Å². The Morgan fingerprint density at radius 3 is 1.89 bits per heavy atom. The van der Waals surface area contributed by atoms with E-state index in [1.54, 1.807) is 0 Å². The first-order chi connectivity index (χ1) is 22.2. The maximum absolute atomic E-state index is 6.29. The van der Waals surface area contributed by atoms with Crippen molar-refractivity contribution in [2.75, 3.05) is 0 Å². The van der Waals surface area contributed by atoms with E-state index < -0.39 is 0 Å². The van der Waals surface area contributed by atoms with Crippen molar-refractivity contribution >= 4 is 38.9 Å². The van der Waals surface area contributed by atoms with E-state index in [-0.39, 0.29) is 0 Å². The largest absolute Gasteiger partial charge is 0.456 e. The molecule has 214 valence electrons. The standard InChI is InChI=1S/C42H30N2O/c1-28-35(30-13-7-3-8-14-30)22-23-37(31-15-9-4-10-16-31)44-41(28)32-17-19-33(20-18-32)42-40-36-27-34(29-11-5-2-6-12-29)21-24-38(36)45-39(40)25-26-43-42/h2-22,24-27H,23H2,1H3. The Kier molecular flexibility index (Phi) is 6.77. The minimum absolute atomic E-state index is 0.762. The van der Waals surface area contributed by atoms with Crippen LogP contribution in [-0.4, -0.2) is 10.7 Å². The summed E-state index contributed by atoms with van der Waals surface area (Å²) in [5.41, 5.74) is 13.8. The zero-order valence-corrected chi connectivity index (χ0v) is 24.9. The summed E-state index contributed by atoms with van der Waals surface area (Å²) in [6.07, 6.45) is 4.91. The number of hydrogen-bond acceptors (Lipinski definition) is 3. The van der Waals surface area contributed by atoms with Gasteiger partial charge in [0, 0.05) is 29.1 Å². The number of rotatable bonds is 5. The van der Waals surface area contributed by atoms with E-state index in [0.717, 1.165) is 73.3 Å². The molecule has 0 radical (unpaired) electrons. The summed E-state index contributed by atoms with van der Waals surface area (Å²) in [6, 6.07) is 48.5. The Bertz CT molecular complexity index is 2260. The van der Waals surface area contributed by atoms with E-state index in [1.165, 1.54) is 16.7 Å². The Morgan fingerprint density at radius 2 is 1.18 bits per heavy atom. The lowest BCUT2D eigenvalue weighted by atomic mass is 9.94. The second-order valence-electron chi connectivity index (χ2n) is 11.4. The number of aromatic nitrogens is 1. The topological polar surface area (TPSA) is 38.4 Å². The minimum Gasteiger partial charge on any atom is -0.456 e. The van der Waals surface area contributed by atoms with Crippen LogP contribution in [0.3, 0.4) is 0 Å². The monoisotopic (exact) mass is 578 g/mol. The molecule has 8 rings (SSSR count). The predicted octanol–water partition coefficient (Wildman–Crippen LogP) is 11.0. The van der Waals surface area contributed by atoms with Gasteiger partial charge >= 0.3 is 0 Å². The molecule has 0 saturated carbocycles. The molecule has 1 aliphatic heterocycles. The molecule has 0 bridgehead atoms. The quantitative estimate of drug-likeness (QED) is 0.204.